The molecule has 0 saturated carbocycles. The fraction of sp³-hybridized carbons (Fsp3) is 0.818. The molecule has 0 spiro atoms. The first kappa shape index (κ1) is 13.0. The summed E-state index contributed by atoms with van der Waals surface area (Å²) in [6, 6.07) is 0. The van der Waals surface area contributed by atoms with Gasteiger partial charge in [0.15, 0.2) is 0 Å². The van der Waals surface area contributed by atoms with Gasteiger partial charge in [0.1, 0.15) is 6.61 Å². The van der Waals surface area contributed by atoms with E-state index < -0.39 is 0 Å². The molecule has 0 aromatic carbocycles. The highest BCUT2D eigenvalue weighted by Crippen LogP contribution is 2.18. The van der Waals surface area contributed by atoms with E-state index >= 15 is 0 Å². The van der Waals surface area contributed by atoms with Gasteiger partial charge in [0.2, 0.25) is 5.91 Å². The molecular weight excluding hydrogens is 210 g/mol. The second kappa shape index (κ2) is 6.48. The molecular formula is C11H19NO4. The Morgan fingerprint density at radius 1 is 1.31 bits per heavy atom. The van der Waals surface area contributed by atoms with Crippen molar-refractivity contribution in [1.82, 2.24) is 4.90 Å². The van der Waals surface area contributed by atoms with Crippen LogP contribution in [-0.2, 0) is 19.1 Å². The molecule has 1 heterocycles. The van der Waals surface area contributed by atoms with Crippen molar-refractivity contribution in [2.24, 2.45) is 5.92 Å². The molecule has 0 radical (unpaired) electrons. The summed E-state index contributed by atoms with van der Waals surface area (Å²) in [5.41, 5.74) is 0. The molecule has 0 atom stereocenters. The number of amides is 1. The third-order valence-corrected chi connectivity index (χ3v) is 2.81. The van der Waals surface area contributed by atoms with Gasteiger partial charge in [-0.1, -0.05) is 0 Å². The third-order valence-electron chi connectivity index (χ3n) is 2.81. The first-order valence-electron chi connectivity index (χ1n) is 5.62. The molecule has 16 heavy (non-hydrogen) atoms. The average Bonchev–Trinajstić information content (AvgIpc) is 2.35. The zero-order valence-electron chi connectivity index (χ0n) is 9.90. The molecule has 5 nitrogen and oxygen atoms in total. The topological polar surface area (TPSA) is 55.8 Å². The summed E-state index contributed by atoms with van der Waals surface area (Å²) in [6.07, 6.45) is 1.37. The molecule has 5 heteroatoms. The van der Waals surface area contributed by atoms with Crippen LogP contribution in [-0.4, -0.2) is 50.2 Å². The first-order valence-corrected chi connectivity index (χ1v) is 5.62. The fourth-order valence-corrected chi connectivity index (χ4v) is 1.81. The fourth-order valence-electron chi connectivity index (χ4n) is 1.81. The van der Waals surface area contributed by atoms with Crippen molar-refractivity contribution >= 4 is 11.9 Å². The van der Waals surface area contributed by atoms with E-state index in [0.29, 0.717) is 32.5 Å². The van der Waals surface area contributed by atoms with Gasteiger partial charge in [-0.05, 0) is 19.8 Å². The van der Waals surface area contributed by atoms with Gasteiger partial charge >= 0.3 is 5.97 Å². The van der Waals surface area contributed by atoms with Gasteiger partial charge in [0.25, 0.3) is 0 Å². The lowest BCUT2D eigenvalue weighted by molar-refractivity contribution is -0.149. The highest BCUT2D eigenvalue weighted by molar-refractivity contribution is 5.78. The number of esters is 1. The van der Waals surface area contributed by atoms with Crippen molar-refractivity contribution in [2.75, 3.05) is 33.4 Å². The maximum atomic E-state index is 11.6. The van der Waals surface area contributed by atoms with Crippen molar-refractivity contribution in [3.8, 4) is 0 Å². The number of hydrogen-bond acceptors (Lipinski definition) is 4. The van der Waals surface area contributed by atoms with Crippen LogP contribution >= 0.6 is 0 Å². The molecule has 0 aromatic rings. The second-order valence-electron chi connectivity index (χ2n) is 3.82. The van der Waals surface area contributed by atoms with Gasteiger partial charge in [-0.15, -0.1) is 0 Å². The Balaban J connectivity index is 2.31. The average molecular weight is 229 g/mol. The molecule has 0 aromatic heterocycles. The SMILES string of the molecule is CCOCC(=O)N1CCC(C(=O)OC)CC1. The number of carbonyl (C=O) groups is 2. The number of carbonyl (C=O) groups excluding carboxylic acids is 2. The maximum Gasteiger partial charge on any atom is 0.308 e. The molecule has 1 amide bonds. The smallest absolute Gasteiger partial charge is 0.308 e. The molecule has 92 valence electrons. The highest BCUT2D eigenvalue weighted by Gasteiger charge is 2.27. The normalized spacial score (nSPS) is 17.2. The summed E-state index contributed by atoms with van der Waals surface area (Å²) >= 11 is 0. The van der Waals surface area contributed by atoms with Gasteiger partial charge in [0.05, 0.1) is 13.0 Å². The summed E-state index contributed by atoms with van der Waals surface area (Å²) in [5, 5.41) is 0. The molecule has 1 rings (SSSR count). The van der Waals surface area contributed by atoms with Gasteiger partial charge in [-0.2, -0.15) is 0 Å². The van der Waals surface area contributed by atoms with Crippen LogP contribution in [0.25, 0.3) is 0 Å². The van der Waals surface area contributed by atoms with Gasteiger partial charge in [-0.25, -0.2) is 0 Å². The van der Waals surface area contributed by atoms with E-state index in [2.05, 4.69) is 4.74 Å². The van der Waals surface area contributed by atoms with E-state index in [9.17, 15) is 9.59 Å². The molecule has 0 unspecified atom stereocenters. The number of hydrogen-bond donors (Lipinski definition) is 0. The van der Waals surface area contributed by atoms with Crippen LogP contribution in [0.4, 0.5) is 0 Å². The number of piperidine rings is 1. The van der Waals surface area contributed by atoms with E-state index in [4.69, 9.17) is 4.74 Å². The third kappa shape index (κ3) is 3.48. The number of rotatable bonds is 4. The van der Waals surface area contributed by atoms with Gasteiger partial charge in [0, 0.05) is 19.7 Å². The minimum atomic E-state index is -0.170. The minimum absolute atomic E-state index is 0.00478. The lowest BCUT2D eigenvalue weighted by atomic mass is 9.97. The van der Waals surface area contributed by atoms with Crippen molar-refractivity contribution in [3.05, 3.63) is 0 Å². The van der Waals surface area contributed by atoms with E-state index in [1.54, 1.807) is 4.90 Å². The van der Waals surface area contributed by atoms with E-state index in [0.717, 1.165) is 0 Å². The summed E-state index contributed by atoms with van der Waals surface area (Å²) in [7, 11) is 1.40. The Morgan fingerprint density at radius 2 is 1.94 bits per heavy atom. The molecule has 1 aliphatic heterocycles. The number of ether oxygens (including phenoxy) is 2. The standard InChI is InChI=1S/C11H19NO4/c1-3-16-8-10(13)12-6-4-9(5-7-12)11(14)15-2/h9H,3-8H2,1-2H3. The maximum absolute atomic E-state index is 11.6. The van der Waals surface area contributed by atoms with Gasteiger partial charge in [-0.3, -0.25) is 9.59 Å². The van der Waals surface area contributed by atoms with Crippen LogP contribution in [0, 0.1) is 5.92 Å². The Bertz CT molecular complexity index is 246. The molecule has 0 bridgehead atoms. The van der Waals surface area contributed by atoms with Crippen molar-refractivity contribution in [3.63, 3.8) is 0 Å². The van der Waals surface area contributed by atoms with Crippen LogP contribution in [0.15, 0.2) is 0 Å². The minimum Gasteiger partial charge on any atom is -0.469 e. The van der Waals surface area contributed by atoms with E-state index in [1.807, 2.05) is 6.92 Å². The molecule has 0 N–H and O–H groups in total. The summed E-state index contributed by atoms with van der Waals surface area (Å²) in [4.78, 5) is 24.6. The second-order valence-corrected chi connectivity index (χ2v) is 3.82. The van der Waals surface area contributed by atoms with Crippen molar-refractivity contribution < 1.29 is 19.1 Å². The van der Waals surface area contributed by atoms with Crippen molar-refractivity contribution in [1.29, 1.82) is 0 Å². The monoisotopic (exact) mass is 229 g/mol. The summed E-state index contributed by atoms with van der Waals surface area (Å²) in [5.74, 6) is -0.219. The first-order chi connectivity index (χ1) is 7.69. The zero-order chi connectivity index (χ0) is 12.0. The van der Waals surface area contributed by atoms with Crippen LogP contribution in [0.5, 0.6) is 0 Å². The molecule has 1 aliphatic rings. The highest BCUT2D eigenvalue weighted by atomic mass is 16.5. The number of likely N-dealkylation sites (tertiary alicyclic amines) is 1. The molecule has 1 fully saturated rings. The zero-order valence-corrected chi connectivity index (χ0v) is 9.90. The Kier molecular flexibility index (Phi) is 5.25. The van der Waals surface area contributed by atoms with Crippen molar-refractivity contribution in [2.45, 2.75) is 19.8 Å². The van der Waals surface area contributed by atoms with Crippen LogP contribution in [0.3, 0.4) is 0 Å². The Hall–Kier alpha value is -1.10. The lowest BCUT2D eigenvalue weighted by Crippen LogP contribution is -2.42. The number of methoxy groups -OCH3 is 1. The predicted molar refractivity (Wildman–Crippen MR) is 57.8 cm³/mol. The van der Waals surface area contributed by atoms with Crippen LogP contribution in [0.2, 0.25) is 0 Å². The number of nitrogens with zero attached hydrogens (tertiary/aromatic N) is 1. The van der Waals surface area contributed by atoms with E-state index in [-0.39, 0.29) is 24.4 Å². The van der Waals surface area contributed by atoms with Gasteiger partial charge < -0.3 is 14.4 Å². The Labute approximate surface area is 95.7 Å². The van der Waals surface area contributed by atoms with Crippen LogP contribution in [0.1, 0.15) is 19.8 Å². The molecule has 1 saturated heterocycles. The van der Waals surface area contributed by atoms with E-state index in [1.165, 1.54) is 7.11 Å². The largest absolute Gasteiger partial charge is 0.469 e. The quantitative estimate of drug-likeness (QED) is 0.656. The molecule has 0 aliphatic carbocycles. The predicted octanol–water partition coefficient (Wildman–Crippen LogP) is 0.435. The van der Waals surface area contributed by atoms with Crippen LogP contribution < -0.4 is 0 Å². The summed E-state index contributed by atoms with van der Waals surface area (Å²) in [6.45, 7) is 3.78. The Morgan fingerprint density at radius 3 is 2.44 bits per heavy atom. The summed E-state index contributed by atoms with van der Waals surface area (Å²) < 4.78 is 9.74. The lowest BCUT2D eigenvalue weighted by Gasteiger charge is -2.30.